The maximum atomic E-state index is 10.6. The topological polar surface area (TPSA) is 102 Å². The number of hydrogen-bond donors (Lipinski definition) is 2. The van der Waals surface area contributed by atoms with E-state index in [0.29, 0.717) is 0 Å². The summed E-state index contributed by atoms with van der Waals surface area (Å²) in [5.41, 5.74) is 6.05. The fraction of sp³-hybridized carbons (Fsp3) is 0.100. The summed E-state index contributed by atoms with van der Waals surface area (Å²) < 4.78 is 5.16. The molecule has 0 aliphatic rings. The number of carboxylic acids is 1. The van der Waals surface area contributed by atoms with Crippen molar-refractivity contribution in [2.24, 2.45) is 5.73 Å². The first-order valence-corrected chi connectivity index (χ1v) is 4.55. The quantitative estimate of drug-likeness (QED) is 0.792. The van der Waals surface area contributed by atoms with Gasteiger partial charge in [0.25, 0.3) is 0 Å². The largest absolute Gasteiger partial charge is 0.480 e. The number of carbonyl (C=O) groups is 1. The second kappa shape index (κ2) is 4.11. The minimum absolute atomic E-state index is 0.105. The van der Waals surface area contributed by atoms with Crippen LogP contribution in [0.5, 0.6) is 0 Å². The van der Waals surface area contributed by atoms with Gasteiger partial charge in [-0.15, -0.1) is 10.2 Å². The van der Waals surface area contributed by atoms with E-state index in [2.05, 4.69) is 10.2 Å². The molecule has 0 fully saturated rings. The minimum Gasteiger partial charge on any atom is -0.480 e. The Morgan fingerprint density at radius 2 is 2.00 bits per heavy atom. The second-order valence-corrected chi connectivity index (χ2v) is 3.13. The van der Waals surface area contributed by atoms with Gasteiger partial charge in [-0.2, -0.15) is 0 Å². The lowest BCUT2D eigenvalue weighted by Crippen LogP contribution is -2.20. The molecule has 82 valence electrons. The third-order valence-corrected chi connectivity index (χ3v) is 1.99. The van der Waals surface area contributed by atoms with Crippen LogP contribution in [0, 0.1) is 0 Å². The summed E-state index contributed by atoms with van der Waals surface area (Å²) >= 11 is 0. The zero-order chi connectivity index (χ0) is 11.5. The lowest BCUT2D eigenvalue weighted by Gasteiger charge is -1.98. The van der Waals surface area contributed by atoms with Crippen LogP contribution in [0.15, 0.2) is 34.7 Å². The van der Waals surface area contributed by atoms with Gasteiger partial charge in [0.2, 0.25) is 11.8 Å². The first-order valence-electron chi connectivity index (χ1n) is 4.55. The predicted molar refractivity (Wildman–Crippen MR) is 54.3 cm³/mol. The van der Waals surface area contributed by atoms with Crippen molar-refractivity contribution >= 4 is 5.97 Å². The molecule has 1 unspecified atom stereocenters. The molecule has 1 aromatic heterocycles. The highest BCUT2D eigenvalue weighted by Crippen LogP contribution is 2.19. The second-order valence-electron chi connectivity index (χ2n) is 3.13. The number of nitrogens with two attached hydrogens (primary N) is 1. The standard InChI is InChI=1S/C10H9N3O3/c11-7(10(14)15)9-13-12-8(16-9)6-4-2-1-3-5-6/h1-5,7H,11H2,(H,14,15). The van der Waals surface area contributed by atoms with Crippen molar-refractivity contribution in [3.63, 3.8) is 0 Å². The van der Waals surface area contributed by atoms with Crippen LogP contribution in [0.25, 0.3) is 11.5 Å². The molecular weight excluding hydrogens is 210 g/mol. The normalized spacial score (nSPS) is 12.3. The van der Waals surface area contributed by atoms with Crippen molar-refractivity contribution in [3.8, 4) is 11.5 Å². The molecular formula is C10H9N3O3. The molecule has 0 bridgehead atoms. The Kier molecular flexibility index (Phi) is 2.65. The number of nitrogens with zero attached hydrogens (tertiary/aromatic N) is 2. The molecule has 0 saturated carbocycles. The van der Waals surface area contributed by atoms with Crippen LogP contribution in [-0.4, -0.2) is 21.3 Å². The minimum atomic E-state index is -1.29. The highest BCUT2D eigenvalue weighted by molar-refractivity contribution is 5.73. The van der Waals surface area contributed by atoms with E-state index in [0.717, 1.165) is 5.56 Å². The summed E-state index contributed by atoms with van der Waals surface area (Å²) in [7, 11) is 0. The number of aromatic nitrogens is 2. The van der Waals surface area contributed by atoms with E-state index >= 15 is 0 Å². The molecule has 0 aliphatic carbocycles. The Morgan fingerprint density at radius 1 is 1.31 bits per heavy atom. The summed E-state index contributed by atoms with van der Waals surface area (Å²) in [5, 5.41) is 16.0. The molecule has 0 radical (unpaired) electrons. The molecule has 2 rings (SSSR count). The first-order chi connectivity index (χ1) is 7.68. The first kappa shape index (κ1) is 10.3. The summed E-state index contributed by atoms with van der Waals surface area (Å²) in [6.07, 6.45) is 0. The molecule has 3 N–H and O–H groups in total. The molecule has 1 heterocycles. The molecule has 0 saturated heterocycles. The van der Waals surface area contributed by atoms with Crippen LogP contribution in [0.2, 0.25) is 0 Å². The van der Waals surface area contributed by atoms with Crippen molar-refractivity contribution in [2.45, 2.75) is 6.04 Å². The van der Waals surface area contributed by atoms with Gasteiger partial charge in [0.1, 0.15) is 0 Å². The number of benzene rings is 1. The molecule has 0 spiro atoms. The zero-order valence-electron chi connectivity index (χ0n) is 8.20. The van der Waals surface area contributed by atoms with E-state index < -0.39 is 12.0 Å². The van der Waals surface area contributed by atoms with Crippen molar-refractivity contribution < 1.29 is 14.3 Å². The van der Waals surface area contributed by atoms with E-state index in [-0.39, 0.29) is 11.8 Å². The molecule has 6 nitrogen and oxygen atoms in total. The van der Waals surface area contributed by atoms with Gasteiger partial charge in [0.15, 0.2) is 6.04 Å². The number of hydrogen-bond acceptors (Lipinski definition) is 5. The Labute approximate surface area is 90.7 Å². The van der Waals surface area contributed by atoms with Gasteiger partial charge >= 0.3 is 5.97 Å². The van der Waals surface area contributed by atoms with Crippen molar-refractivity contribution in [2.75, 3.05) is 0 Å². The maximum Gasteiger partial charge on any atom is 0.330 e. The maximum absolute atomic E-state index is 10.6. The third kappa shape index (κ3) is 1.91. The van der Waals surface area contributed by atoms with Gasteiger partial charge in [-0.25, -0.2) is 4.79 Å². The average molecular weight is 219 g/mol. The molecule has 16 heavy (non-hydrogen) atoms. The van der Waals surface area contributed by atoms with Gasteiger partial charge in [-0.05, 0) is 12.1 Å². The van der Waals surface area contributed by atoms with Crippen molar-refractivity contribution in [1.29, 1.82) is 0 Å². The Bertz CT molecular complexity index is 495. The Morgan fingerprint density at radius 3 is 2.62 bits per heavy atom. The lowest BCUT2D eigenvalue weighted by molar-refractivity contribution is -0.139. The number of aliphatic carboxylic acids is 1. The Balaban J connectivity index is 2.30. The monoisotopic (exact) mass is 219 g/mol. The van der Waals surface area contributed by atoms with E-state index in [1.54, 1.807) is 12.1 Å². The fourth-order valence-electron chi connectivity index (χ4n) is 1.16. The zero-order valence-corrected chi connectivity index (χ0v) is 8.20. The van der Waals surface area contributed by atoms with Gasteiger partial charge in [-0.1, -0.05) is 18.2 Å². The SMILES string of the molecule is NC(C(=O)O)c1nnc(-c2ccccc2)o1. The summed E-state index contributed by atoms with van der Waals surface area (Å²) in [5.74, 6) is -1.05. The molecule has 1 atom stereocenters. The highest BCUT2D eigenvalue weighted by atomic mass is 16.4. The Hall–Kier alpha value is -2.21. The van der Waals surface area contributed by atoms with Gasteiger partial charge in [0, 0.05) is 5.56 Å². The van der Waals surface area contributed by atoms with Crippen LogP contribution in [0.1, 0.15) is 11.9 Å². The number of rotatable bonds is 3. The van der Waals surface area contributed by atoms with E-state index in [1.807, 2.05) is 18.2 Å². The average Bonchev–Trinajstić information content (AvgIpc) is 2.78. The summed E-state index contributed by atoms with van der Waals surface area (Å²) in [6, 6.07) is 7.76. The molecule has 0 amide bonds. The lowest BCUT2D eigenvalue weighted by atomic mass is 10.2. The fourth-order valence-corrected chi connectivity index (χ4v) is 1.16. The molecule has 0 aliphatic heterocycles. The van der Waals surface area contributed by atoms with E-state index in [9.17, 15) is 4.79 Å². The molecule has 1 aromatic carbocycles. The number of carboxylic acid groups (broad SMARTS) is 1. The van der Waals surface area contributed by atoms with Crippen LogP contribution < -0.4 is 5.73 Å². The van der Waals surface area contributed by atoms with Crippen LogP contribution in [0.3, 0.4) is 0 Å². The molecule has 6 heteroatoms. The highest BCUT2D eigenvalue weighted by Gasteiger charge is 2.21. The summed E-state index contributed by atoms with van der Waals surface area (Å²) in [6.45, 7) is 0. The molecule has 2 aromatic rings. The van der Waals surface area contributed by atoms with Gasteiger partial charge in [0.05, 0.1) is 0 Å². The van der Waals surface area contributed by atoms with Crippen molar-refractivity contribution in [1.82, 2.24) is 10.2 Å². The van der Waals surface area contributed by atoms with Gasteiger partial charge < -0.3 is 15.3 Å². The van der Waals surface area contributed by atoms with E-state index in [1.165, 1.54) is 0 Å². The van der Waals surface area contributed by atoms with Gasteiger partial charge in [-0.3, -0.25) is 0 Å². The smallest absolute Gasteiger partial charge is 0.330 e. The third-order valence-electron chi connectivity index (χ3n) is 1.99. The van der Waals surface area contributed by atoms with Crippen LogP contribution in [-0.2, 0) is 4.79 Å². The van der Waals surface area contributed by atoms with E-state index in [4.69, 9.17) is 15.3 Å². The summed E-state index contributed by atoms with van der Waals surface area (Å²) in [4.78, 5) is 10.6. The van der Waals surface area contributed by atoms with Crippen LogP contribution >= 0.6 is 0 Å². The predicted octanol–water partition coefficient (Wildman–Crippen LogP) is 0.821. The van der Waals surface area contributed by atoms with Crippen molar-refractivity contribution in [3.05, 3.63) is 36.2 Å². The van der Waals surface area contributed by atoms with Crippen LogP contribution in [0.4, 0.5) is 0 Å².